The van der Waals surface area contributed by atoms with E-state index in [9.17, 15) is 9.59 Å². The Balaban J connectivity index is 1.50. The van der Waals surface area contributed by atoms with Gasteiger partial charge in [0.2, 0.25) is 0 Å². The molecule has 0 N–H and O–H groups in total. The fourth-order valence-electron chi connectivity index (χ4n) is 2.88. The van der Waals surface area contributed by atoms with Crippen LogP contribution in [0.2, 0.25) is 0 Å². The average Bonchev–Trinajstić information content (AvgIpc) is 3.02. The number of hydrogen-bond acceptors (Lipinski definition) is 4. The number of carbonyl (C=O) groups is 2. The first kappa shape index (κ1) is 19.7. The molecule has 3 aromatic rings. The summed E-state index contributed by atoms with van der Waals surface area (Å²) in [5.41, 5.74) is 2.53. The number of benzene rings is 3. The summed E-state index contributed by atoms with van der Waals surface area (Å²) in [6.07, 6.45) is 1.75. The van der Waals surface area contributed by atoms with Crippen molar-refractivity contribution in [3.8, 4) is 5.75 Å². The summed E-state index contributed by atoms with van der Waals surface area (Å²) in [5.74, 6) is 0.481. The molecule has 6 heteroatoms. The van der Waals surface area contributed by atoms with Crippen LogP contribution < -0.4 is 9.64 Å². The van der Waals surface area contributed by atoms with Crippen LogP contribution in [0.1, 0.15) is 11.1 Å². The monoisotopic (exact) mass is 513 g/mol. The summed E-state index contributed by atoms with van der Waals surface area (Å²) in [6, 6.07) is 24.6. The van der Waals surface area contributed by atoms with E-state index in [2.05, 4.69) is 22.6 Å². The van der Waals surface area contributed by atoms with Gasteiger partial charge in [0, 0.05) is 0 Å². The Morgan fingerprint density at radius 3 is 2.31 bits per heavy atom. The van der Waals surface area contributed by atoms with Crippen LogP contribution in [0.4, 0.5) is 10.5 Å². The number of para-hydroxylation sites is 1. The van der Waals surface area contributed by atoms with Crippen molar-refractivity contribution in [1.29, 1.82) is 0 Å². The fraction of sp³-hybridized carbons (Fsp3) is 0.0435. The standard InChI is InChI=1S/C23H16INO3S/c24-19-13-17(11-12-20(19)28-15-16-7-3-1-4-8-16)14-21-22(26)25(23(27)29-21)18-9-5-2-6-10-18/h1-14H,15H2/b21-14-. The van der Waals surface area contributed by atoms with Gasteiger partial charge in [-0.05, 0) is 75.8 Å². The van der Waals surface area contributed by atoms with Gasteiger partial charge in [-0.15, -0.1) is 0 Å². The second-order valence-corrected chi connectivity index (χ2v) is 8.47. The summed E-state index contributed by atoms with van der Waals surface area (Å²) in [6.45, 7) is 0.492. The van der Waals surface area contributed by atoms with Gasteiger partial charge in [0.05, 0.1) is 14.2 Å². The number of rotatable bonds is 5. The Hall–Kier alpha value is -2.58. The van der Waals surface area contributed by atoms with Crippen LogP contribution in [0.5, 0.6) is 5.75 Å². The Bertz CT molecular complexity index is 1080. The van der Waals surface area contributed by atoms with Gasteiger partial charge in [-0.3, -0.25) is 9.59 Å². The summed E-state index contributed by atoms with van der Waals surface area (Å²) in [4.78, 5) is 26.7. The van der Waals surface area contributed by atoms with Gasteiger partial charge in [-0.1, -0.05) is 54.6 Å². The molecule has 4 nitrogen and oxygen atoms in total. The quantitative estimate of drug-likeness (QED) is 0.305. The van der Waals surface area contributed by atoms with E-state index < -0.39 is 0 Å². The fourth-order valence-corrected chi connectivity index (χ4v) is 4.41. The topological polar surface area (TPSA) is 46.6 Å². The van der Waals surface area contributed by atoms with E-state index in [0.29, 0.717) is 17.2 Å². The molecule has 4 rings (SSSR count). The van der Waals surface area contributed by atoms with Crippen LogP contribution >= 0.6 is 34.4 Å². The summed E-state index contributed by atoms with van der Waals surface area (Å²) in [7, 11) is 0. The summed E-state index contributed by atoms with van der Waals surface area (Å²) >= 11 is 3.17. The van der Waals surface area contributed by atoms with Gasteiger partial charge >= 0.3 is 0 Å². The molecular weight excluding hydrogens is 497 g/mol. The number of imide groups is 1. The molecule has 1 aliphatic rings. The lowest BCUT2D eigenvalue weighted by Crippen LogP contribution is -2.27. The summed E-state index contributed by atoms with van der Waals surface area (Å²) in [5, 5.41) is -0.287. The maximum Gasteiger partial charge on any atom is 0.298 e. The third kappa shape index (κ3) is 4.54. The predicted molar refractivity (Wildman–Crippen MR) is 125 cm³/mol. The van der Waals surface area contributed by atoms with Gasteiger partial charge in [-0.2, -0.15) is 0 Å². The Morgan fingerprint density at radius 1 is 0.931 bits per heavy atom. The zero-order valence-corrected chi connectivity index (χ0v) is 18.2. The number of nitrogens with zero attached hydrogens (tertiary/aromatic N) is 1. The Morgan fingerprint density at radius 2 is 1.62 bits per heavy atom. The van der Waals surface area contributed by atoms with E-state index in [-0.39, 0.29) is 11.1 Å². The molecule has 1 heterocycles. The van der Waals surface area contributed by atoms with E-state index in [4.69, 9.17) is 4.74 Å². The van der Waals surface area contributed by atoms with Gasteiger partial charge in [-0.25, -0.2) is 4.90 Å². The van der Waals surface area contributed by atoms with Crippen molar-refractivity contribution in [2.24, 2.45) is 0 Å². The van der Waals surface area contributed by atoms with Gasteiger partial charge in [0.25, 0.3) is 11.1 Å². The van der Waals surface area contributed by atoms with Crippen LogP contribution in [0.15, 0.2) is 83.8 Å². The van der Waals surface area contributed by atoms with Gasteiger partial charge < -0.3 is 4.74 Å². The third-order valence-electron chi connectivity index (χ3n) is 4.30. The highest BCUT2D eigenvalue weighted by Crippen LogP contribution is 2.36. The van der Waals surface area contributed by atoms with Crippen LogP contribution in [-0.2, 0) is 11.4 Å². The number of amides is 2. The molecule has 0 saturated carbocycles. The lowest BCUT2D eigenvalue weighted by molar-refractivity contribution is -0.113. The molecule has 0 radical (unpaired) electrons. The molecule has 0 unspecified atom stereocenters. The highest BCUT2D eigenvalue weighted by molar-refractivity contribution is 14.1. The number of ether oxygens (including phenoxy) is 1. The van der Waals surface area contributed by atoms with Crippen molar-refractivity contribution in [1.82, 2.24) is 0 Å². The molecule has 144 valence electrons. The average molecular weight is 513 g/mol. The number of anilines is 1. The van der Waals surface area contributed by atoms with Crippen molar-refractivity contribution < 1.29 is 14.3 Å². The van der Waals surface area contributed by atoms with E-state index >= 15 is 0 Å². The van der Waals surface area contributed by atoms with E-state index in [1.165, 1.54) is 4.90 Å². The number of thioether (sulfide) groups is 1. The number of hydrogen-bond donors (Lipinski definition) is 0. The van der Waals surface area contributed by atoms with Gasteiger partial charge in [0.15, 0.2) is 0 Å². The van der Waals surface area contributed by atoms with Gasteiger partial charge in [0.1, 0.15) is 12.4 Å². The van der Waals surface area contributed by atoms with Crippen LogP contribution in [0.25, 0.3) is 6.08 Å². The predicted octanol–water partition coefficient (Wildman–Crippen LogP) is 6.11. The Kier molecular flexibility index (Phi) is 6.01. The minimum atomic E-state index is -0.300. The molecule has 0 aromatic heterocycles. The molecule has 0 aliphatic carbocycles. The van der Waals surface area contributed by atoms with Crippen molar-refractivity contribution >= 4 is 57.3 Å². The highest BCUT2D eigenvalue weighted by atomic mass is 127. The first-order valence-corrected chi connectivity index (χ1v) is 10.8. The van der Waals surface area contributed by atoms with Crippen molar-refractivity contribution in [3.05, 3.63) is 98.5 Å². The number of carbonyl (C=O) groups excluding carboxylic acids is 2. The summed E-state index contributed by atoms with van der Waals surface area (Å²) < 4.78 is 6.84. The first-order valence-electron chi connectivity index (χ1n) is 8.91. The molecule has 1 fully saturated rings. The van der Waals surface area contributed by atoms with Crippen molar-refractivity contribution in [3.63, 3.8) is 0 Å². The molecular formula is C23H16INO3S. The normalized spacial score (nSPS) is 15.2. The molecule has 0 spiro atoms. The van der Waals surface area contributed by atoms with Crippen molar-refractivity contribution in [2.45, 2.75) is 6.61 Å². The van der Waals surface area contributed by atoms with E-state index in [0.717, 1.165) is 32.2 Å². The van der Waals surface area contributed by atoms with Crippen LogP contribution in [0.3, 0.4) is 0 Å². The minimum absolute atomic E-state index is 0.287. The van der Waals surface area contributed by atoms with E-state index in [1.807, 2.05) is 54.6 Å². The molecule has 1 aliphatic heterocycles. The highest BCUT2D eigenvalue weighted by Gasteiger charge is 2.36. The third-order valence-corrected chi connectivity index (χ3v) is 6.01. The van der Waals surface area contributed by atoms with Crippen LogP contribution in [-0.4, -0.2) is 11.1 Å². The zero-order chi connectivity index (χ0) is 20.2. The largest absolute Gasteiger partial charge is 0.488 e. The second-order valence-electron chi connectivity index (χ2n) is 6.32. The van der Waals surface area contributed by atoms with Crippen LogP contribution in [0, 0.1) is 3.57 Å². The molecule has 29 heavy (non-hydrogen) atoms. The molecule has 1 saturated heterocycles. The van der Waals surface area contributed by atoms with Crippen molar-refractivity contribution in [2.75, 3.05) is 4.90 Å². The maximum absolute atomic E-state index is 12.7. The lowest BCUT2D eigenvalue weighted by atomic mass is 10.2. The Labute approximate surface area is 186 Å². The lowest BCUT2D eigenvalue weighted by Gasteiger charge is -2.11. The SMILES string of the molecule is O=C1S/C(=C\c2ccc(OCc3ccccc3)c(I)c2)C(=O)N1c1ccccc1. The zero-order valence-electron chi connectivity index (χ0n) is 15.2. The molecule has 0 bridgehead atoms. The van der Waals surface area contributed by atoms with E-state index in [1.54, 1.807) is 30.3 Å². The molecule has 2 amide bonds. The first-order chi connectivity index (χ1) is 14.1. The number of halogens is 1. The molecule has 3 aromatic carbocycles. The maximum atomic E-state index is 12.7. The second kappa shape index (κ2) is 8.84. The minimum Gasteiger partial charge on any atom is -0.488 e. The molecule has 0 atom stereocenters. The smallest absolute Gasteiger partial charge is 0.298 e.